The van der Waals surface area contributed by atoms with E-state index in [2.05, 4.69) is 39.6 Å². The maximum Gasteiger partial charge on any atom is 0.220 e. The summed E-state index contributed by atoms with van der Waals surface area (Å²) in [7, 11) is 3.51. The minimum atomic E-state index is -0.145. The molecule has 1 aromatic rings. The van der Waals surface area contributed by atoms with E-state index in [0.717, 1.165) is 76.5 Å². The van der Waals surface area contributed by atoms with Gasteiger partial charge in [-0.25, -0.2) is 0 Å². The van der Waals surface area contributed by atoms with Crippen LogP contribution in [0.1, 0.15) is 36.8 Å². The van der Waals surface area contributed by atoms with Crippen LogP contribution in [0.4, 0.5) is 0 Å². The van der Waals surface area contributed by atoms with Crippen molar-refractivity contribution in [3.8, 4) is 5.75 Å². The number of likely N-dealkylation sites (tertiary alicyclic amines) is 1. The monoisotopic (exact) mass is 531 g/mol. The molecule has 2 rings (SSSR count). The molecule has 0 unspecified atom stereocenters. The molecule has 8 heteroatoms. The van der Waals surface area contributed by atoms with Gasteiger partial charge in [0.2, 0.25) is 5.91 Å². The fraction of sp³-hybridized carbons (Fsp3) is 0.636. The number of halogens is 1. The van der Waals surface area contributed by atoms with E-state index in [-0.39, 0.29) is 35.8 Å². The van der Waals surface area contributed by atoms with E-state index < -0.39 is 0 Å². The summed E-state index contributed by atoms with van der Waals surface area (Å²) < 4.78 is 5.44. The molecule has 170 valence electrons. The van der Waals surface area contributed by atoms with Crippen molar-refractivity contribution in [2.45, 2.75) is 39.0 Å². The highest BCUT2D eigenvalue weighted by Gasteiger charge is 2.22. The predicted molar refractivity (Wildman–Crippen MR) is 134 cm³/mol. The van der Waals surface area contributed by atoms with Gasteiger partial charge in [0.1, 0.15) is 5.75 Å². The van der Waals surface area contributed by atoms with Crippen LogP contribution in [0.25, 0.3) is 0 Å². The number of primary amides is 1. The number of aliphatic imine (C=N–C) groups is 1. The van der Waals surface area contributed by atoms with Crippen LogP contribution in [0.5, 0.6) is 5.75 Å². The quantitative estimate of drug-likeness (QED) is 0.187. The number of amides is 1. The summed E-state index contributed by atoms with van der Waals surface area (Å²) in [5.74, 6) is 1.69. The first-order valence-corrected chi connectivity index (χ1v) is 10.6. The van der Waals surface area contributed by atoms with Gasteiger partial charge in [0.05, 0.1) is 7.11 Å². The maximum atomic E-state index is 11.2. The molecule has 1 saturated heterocycles. The fourth-order valence-corrected chi connectivity index (χ4v) is 3.75. The van der Waals surface area contributed by atoms with Crippen LogP contribution in [-0.4, -0.2) is 63.6 Å². The van der Waals surface area contributed by atoms with Crippen LogP contribution >= 0.6 is 24.0 Å². The van der Waals surface area contributed by atoms with Crippen molar-refractivity contribution in [1.82, 2.24) is 15.5 Å². The first-order valence-electron chi connectivity index (χ1n) is 10.6. The smallest absolute Gasteiger partial charge is 0.220 e. The second-order valence-corrected chi connectivity index (χ2v) is 7.72. The Morgan fingerprint density at radius 2 is 1.93 bits per heavy atom. The second-order valence-electron chi connectivity index (χ2n) is 7.72. The molecule has 7 nitrogen and oxygen atoms in total. The highest BCUT2D eigenvalue weighted by Crippen LogP contribution is 2.19. The summed E-state index contributed by atoms with van der Waals surface area (Å²) in [6.07, 6.45) is 4.90. The Balaban J connectivity index is 0.00000450. The third-order valence-corrected chi connectivity index (χ3v) is 5.53. The highest BCUT2D eigenvalue weighted by molar-refractivity contribution is 14.0. The number of aryl methyl sites for hydroxylation is 1. The van der Waals surface area contributed by atoms with Crippen molar-refractivity contribution in [2.24, 2.45) is 16.6 Å². The largest absolute Gasteiger partial charge is 0.496 e. The van der Waals surface area contributed by atoms with Crippen molar-refractivity contribution in [3.63, 3.8) is 0 Å². The first-order chi connectivity index (χ1) is 14.0. The van der Waals surface area contributed by atoms with Crippen LogP contribution in [0.2, 0.25) is 0 Å². The molecule has 4 N–H and O–H groups in total. The number of guanidine groups is 1. The maximum absolute atomic E-state index is 11.2. The molecular weight excluding hydrogens is 493 g/mol. The number of methoxy groups -OCH3 is 1. The number of rotatable bonds is 10. The van der Waals surface area contributed by atoms with Crippen molar-refractivity contribution < 1.29 is 9.53 Å². The lowest BCUT2D eigenvalue weighted by Gasteiger charge is -2.30. The summed E-state index contributed by atoms with van der Waals surface area (Å²) in [5.41, 5.74) is 7.84. The van der Waals surface area contributed by atoms with E-state index >= 15 is 0 Å². The topological polar surface area (TPSA) is 92.0 Å². The summed E-state index contributed by atoms with van der Waals surface area (Å²) in [4.78, 5) is 18.0. The predicted octanol–water partition coefficient (Wildman–Crippen LogP) is 2.31. The molecule has 0 saturated carbocycles. The zero-order valence-corrected chi connectivity index (χ0v) is 20.9. The number of piperidine rings is 1. The second kappa shape index (κ2) is 14.5. The molecule has 0 aliphatic carbocycles. The molecule has 0 bridgehead atoms. The number of carbonyl (C=O) groups excluding carboxylic acids is 1. The number of benzene rings is 1. The standard InChI is InChI=1S/C22H37N5O2.HI/c1-17-6-7-20(29-3)19(16-17)8-12-26-22(24-2)25-11-4-5-13-27-14-9-18(10-15-27)21(23)28;/h6-7,16,18H,4-5,8-15H2,1-3H3,(H2,23,28)(H2,24,25,26);1H. The Bertz CT molecular complexity index is 675. The zero-order chi connectivity index (χ0) is 21.1. The molecule has 0 spiro atoms. The van der Waals surface area contributed by atoms with Crippen LogP contribution in [-0.2, 0) is 11.2 Å². The molecule has 30 heavy (non-hydrogen) atoms. The molecule has 1 amide bonds. The third kappa shape index (κ3) is 9.07. The molecule has 0 atom stereocenters. The zero-order valence-electron chi connectivity index (χ0n) is 18.6. The summed E-state index contributed by atoms with van der Waals surface area (Å²) in [6, 6.07) is 6.26. The van der Waals surface area contributed by atoms with Crippen molar-refractivity contribution in [2.75, 3.05) is 46.9 Å². The SMILES string of the molecule is CN=C(NCCCCN1CCC(C(N)=O)CC1)NCCc1cc(C)ccc1OC.I. The summed E-state index contributed by atoms with van der Waals surface area (Å²) in [5, 5.41) is 6.76. The van der Waals surface area contributed by atoms with Crippen LogP contribution in [0.15, 0.2) is 23.2 Å². The lowest BCUT2D eigenvalue weighted by molar-refractivity contribution is -0.123. The molecule has 0 aromatic heterocycles. The van der Waals surface area contributed by atoms with Gasteiger partial charge < -0.3 is 26.0 Å². The van der Waals surface area contributed by atoms with Gasteiger partial charge in [-0.2, -0.15) is 0 Å². The minimum Gasteiger partial charge on any atom is -0.496 e. The Kier molecular flexibility index (Phi) is 12.8. The molecule has 0 radical (unpaired) electrons. The Morgan fingerprint density at radius 1 is 1.23 bits per heavy atom. The highest BCUT2D eigenvalue weighted by atomic mass is 127. The number of nitrogens with zero attached hydrogens (tertiary/aromatic N) is 2. The van der Waals surface area contributed by atoms with Gasteiger partial charge in [-0.1, -0.05) is 17.7 Å². The molecule has 1 heterocycles. The van der Waals surface area contributed by atoms with Crippen molar-refractivity contribution in [1.29, 1.82) is 0 Å². The van der Waals surface area contributed by atoms with Crippen molar-refractivity contribution >= 4 is 35.8 Å². The van der Waals surface area contributed by atoms with E-state index in [1.807, 2.05) is 6.07 Å². The van der Waals surface area contributed by atoms with E-state index in [4.69, 9.17) is 10.5 Å². The minimum absolute atomic E-state index is 0. The van der Waals surface area contributed by atoms with Gasteiger partial charge in [-0.05, 0) is 70.3 Å². The van der Waals surface area contributed by atoms with Gasteiger partial charge in [0, 0.05) is 26.1 Å². The van der Waals surface area contributed by atoms with E-state index in [0.29, 0.717) is 0 Å². The van der Waals surface area contributed by atoms with Gasteiger partial charge in [0.15, 0.2) is 5.96 Å². The van der Waals surface area contributed by atoms with Gasteiger partial charge >= 0.3 is 0 Å². The Hall–Kier alpha value is -1.55. The number of hydrogen-bond acceptors (Lipinski definition) is 4. The van der Waals surface area contributed by atoms with Crippen LogP contribution in [0, 0.1) is 12.8 Å². The van der Waals surface area contributed by atoms with Gasteiger partial charge in [0.25, 0.3) is 0 Å². The number of unbranched alkanes of at least 4 members (excludes halogenated alkanes) is 1. The normalized spacial score (nSPS) is 15.4. The average molecular weight is 531 g/mol. The molecule has 1 aromatic carbocycles. The van der Waals surface area contributed by atoms with Gasteiger partial charge in [-0.3, -0.25) is 9.79 Å². The Morgan fingerprint density at radius 3 is 2.57 bits per heavy atom. The number of carbonyl (C=O) groups is 1. The van der Waals surface area contributed by atoms with E-state index in [1.165, 1.54) is 11.1 Å². The lowest BCUT2D eigenvalue weighted by atomic mass is 9.96. The number of nitrogens with two attached hydrogens (primary N) is 1. The average Bonchev–Trinajstić information content (AvgIpc) is 2.72. The van der Waals surface area contributed by atoms with Crippen LogP contribution in [0.3, 0.4) is 0 Å². The fourth-order valence-electron chi connectivity index (χ4n) is 3.75. The number of nitrogens with one attached hydrogen (secondary N) is 2. The summed E-state index contributed by atoms with van der Waals surface area (Å²) >= 11 is 0. The van der Waals surface area contributed by atoms with E-state index in [9.17, 15) is 4.79 Å². The number of ether oxygens (including phenoxy) is 1. The number of hydrogen-bond donors (Lipinski definition) is 3. The van der Waals surface area contributed by atoms with Gasteiger partial charge in [-0.15, -0.1) is 24.0 Å². The third-order valence-electron chi connectivity index (χ3n) is 5.53. The molecule has 1 aliphatic rings. The first kappa shape index (κ1) is 26.5. The molecule has 1 aliphatic heterocycles. The molecule has 1 fully saturated rings. The van der Waals surface area contributed by atoms with Crippen molar-refractivity contribution in [3.05, 3.63) is 29.3 Å². The lowest BCUT2D eigenvalue weighted by Crippen LogP contribution is -2.40. The Labute approximate surface area is 198 Å². The van der Waals surface area contributed by atoms with E-state index in [1.54, 1.807) is 14.2 Å². The van der Waals surface area contributed by atoms with Crippen LogP contribution < -0.4 is 21.1 Å². The molecular formula is C22H38IN5O2. The summed E-state index contributed by atoms with van der Waals surface area (Å²) in [6.45, 7) is 6.82.